The number of nitrogens with zero attached hydrogens (tertiary/aromatic N) is 1. The summed E-state index contributed by atoms with van der Waals surface area (Å²) in [5, 5.41) is 0. The van der Waals surface area contributed by atoms with Crippen LogP contribution < -0.4 is 0 Å². The Morgan fingerprint density at radius 2 is 2.00 bits per heavy atom. The quantitative estimate of drug-likeness (QED) is 0.632. The SMILES string of the molecule is C=C(CCN(C)C)S(=O)(=O)Cl. The summed E-state index contributed by atoms with van der Waals surface area (Å²) in [5.41, 5.74) is 0. The minimum absolute atomic E-state index is 0.0767. The third-order valence-corrected chi connectivity index (χ3v) is 2.73. The van der Waals surface area contributed by atoms with Crippen molar-refractivity contribution in [3.05, 3.63) is 11.5 Å². The van der Waals surface area contributed by atoms with Crippen LogP contribution in [0.3, 0.4) is 0 Å². The summed E-state index contributed by atoms with van der Waals surface area (Å²) in [6.45, 7) is 3.99. The highest BCUT2D eigenvalue weighted by Gasteiger charge is 2.10. The third kappa shape index (κ3) is 5.24. The number of rotatable bonds is 4. The van der Waals surface area contributed by atoms with E-state index in [0.717, 1.165) is 0 Å². The summed E-state index contributed by atoms with van der Waals surface area (Å²) in [7, 11) is 5.18. The highest BCUT2D eigenvalue weighted by molar-refractivity contribution is 8.16. The summed E-state index contributed by atoms with van der Waals surface area (Å²) < 4.78 is 21.2. The molecular weight excluding hydrogens is 186 g/mol. The zero-order valence-electron chi connectivity index (χ0n) is 6.67. The van der Waals surface area contributed by atoms with E-state index in [0.29, 0.717) is 13.0 Å². The maximum Gasteiger partial charge on any atom is 0.256 e. The maximum absolute atomic E-state index is 10.6. The highest BCUT2D eigenvalue weighted by atomic mass is 35.7. The van der Waals surface area contributed by atoms with Gasteiger partial charge in [-0.1, -0.05) is 6.58 Å². The lowest BCUT2D eigenvalue weighted by atomic mass is 10.4. The fourth-order valence-corrected chi connectivity index (χ4v) is 1.04. The van der Waals surface area contributed by atoms with Gasteiger partial charge in [-0.15, -0.1) is 0 Å². The van der Waals surface area contributed by atoms with Gasteiger partial charge in [0.2, 0.25) is 0 Å². The van der Waals surface area contributed by atoms with E-state index in [1.54, 1.807) is 0 Å². The van der Waals surface area contributed by atoms with Crippen LogP contribution in [-0.2, 0) is 9.05 Å². The van der Waals surface area contributed by atoms with Gasteiger partial charge >= 0.3 is 0 Å². The summed E-state index contributed by atoms with van der Waals surface area (Å²) in [6.07, 6.45) is 0.388. The molecule has 0 unspecified atom stereocenters. The summed E-state index contributed by atoms with van der Waals surface area (Å²) in [6, 6.07) is 0. The first kappa shape index (κ1) is 10.9. The molecule has 0 spiro atoms. The molecule has 5 heteroatoms. The molecular formula is C6H12ClNO2S. The van der Waals surface area contributed by atoms with Crippen molar-refractivity contribution in [3.8, 4) is 0 Å². The van der Waals surface area contributed by atoms with Gasteiger partial charge in [-0.2, -0.15) is 0 Å². The van der Waals surface area contributed by atoms with Gasteiger partial charge in [0.05, 0.1) is 4.91 Å². The first-order valence-electron chi connectivity index (χ1n) is 3.11. The average molecular weight is 198 g/mol. The molecule has 0 N–H and O–H groups in total. The Morgan fingerprint density at radius 1 is 1.55 bits per heavy atom. The lowest BCUT2D eigenvalue weighted by molar-refractivity contribution is 0.415. The van der Waals surface area contributed by atoms with Crippen molar-refractivity contribution in [2.45, 2.75) is 6.42 Å². The van der Waals surface area contributed by atoms with E-state index < -0.39 is 9.05 Å². The predicted molar refractivity (Wildman–Crippen MR) is 47.1 cm³/mol. The van der Waals surface area contributed by atoms with E-state index in [9.17, 15) is 8.42 Å². The van der Waals surface area contributed by atoms with Crippen LogP contribution in [0.1, 0.15) is 6.42 Å². The van der Waals surface area contributed by atoms with Gasteiger partial charge in [-0.3, -0.25) is 0 Å². The van der Waals surface area contributed by atoms with Crippen LogP contribution in [0.15, 0.2) is 11.5 Å². The normalized spacial score (nSPS) is 12.0. The van der Waals surface area contributed by atoms with Crippen molar-refractivity contribution in [1.29, 1.82) is 0 Å². The molecule has 0 rings (SSSR count). The summed E-state index contributed by atoms with van der Waals surface area (Å²) >= 11 is 0. The van der Waals surface area contributed by atoms with Crippen LogP contribution in [0.4, 0.5) is 0 Å². The van der Waals surface area contributed by atoms with E-state index in [4.69, 9.17) is 10.7 Å². The number of hydrogen-bond donors (Lipinski definition) is 0. The van der Waals surface area contributed by atoms with Crippen LogP contribution in [-0.4, -0.2) is 34.0 Å². The standard InChI is InChI=1S/C6H12ClNO2S/c1-6(11(7,9)10)4-5-8(2)3/h1,4-5H2,2-3H3. The Hall–Kier alpha value is -0.0600. The zero-order chi connectivity index (χ0) is 9.07. The Kier molecular flexibility index (Phi) is 4.07. The zero-order valence-corrected chi connectivity index (χ0v) is 8.24. The molecule has 0 aliphatic rings. The topological polar surface area (TPSA) is 37.4 Å². The van der Waals surface area contributed by atoms with Crippen molar-refractivity contribution in [3.63, 3.8) is 0 Å². The summed E-state index contributed by atoms with van der Waals surface area (Å²) in [4.78, 5) is 1.95. The first-order chi connectivity index (χ1) is 4.84. The van der Waals surface area contributed by atoms with Gasteiger partial charge in [0.1, 0.15) is 0 Å². The van der Waals surface area contributed by atoms with Gasteiger partial charge in [0, 0.05) is 17.2 Å². The smallest absolute Gasteiger partial charge is 0.256 e. The van der Waals surface area contributed by atoms with Gasteiger partial charge in [-0.25, -0.2) is 8.42 Å². The Balaban J connectivity index is 3.92. The van der Waals surface area contributed by atoms with Crippen LogP contribution in [0.2, 0.25) is 0 Å². The molecule has 0 heterocycles. The van der Waals surface area contributed by atoms with E-state index in [1.165, 1.54) is 0 Å². The van der Waals surface area contributed by atoms with E-state index in [-0.39, 0.29) is 4.91 Å². The molecule has 0 saturated carbocycles. The van der Waals surface area contributed by atoms with Crippen molar-refractivity contribution in [2.24, 2.45) is 0 Å². The van der Waals surface area contributed by atoms with E-state index in [2.05, 4.69) is 6.58 Å². The second kappa shape index (κ2) is 4.09. The van der Waals surface area contributed by atoms with Gasteiger partial charge in [0.25, 0.3) is 9.05 Å². The van der Waals surface area contributed by atoms with E-state index in [1.807, 2.05) is 19.0 Å². The van der Waals surface area contributed by atoms with Crippen molar-refractivity contribution in [1.82, 2.24) is 4.90 Å². The van der Waals surface area contributed by atoms with Crippen LogP contribution >= 0.6 is 10.7 Å². The molecule has 66 valence electrons. The second-order valence-corrected chi connectivity index (χ2v) is 5.20. The van der Waals surface area contributed by atoms with E-state index >= 15 is 0 Å². The van der Waals surface area contributed by atoms with Gasteiger partial charge < -0.3 is 4.90 Å². The molecule has 0 aliphatic carbocycles. The number of halogens is 1. The number of hydrogen-bond acceptors (Lipinski definition) is 3. The molecule has 0 aromatic heterocycles. The first-order valence-corrected chi connectivity index (χ1v) is 5.42. The van der Waals surface area contributed by atoms with Crippen molar-refractivity contribution >= 4 is 19.7 Å². The molecule has 0 aliphatic heterocycles. The molecule has 0 radical (unpaired) electrons. The Morgan fingerprint density at radius 3 is 2.27 bits per heavy atom. The maximum atomic E-state index is 10.6. The fraction of sp³-hybridized carbons (Fsp3) is 0.667. The molecule has 0 amide bonds. The van der Waals surface area contributed by atoms with Crippen molar-refractivity contribution in [2.75, 3.05) is 20.6 Å². The van der Waals surface area contributed by atoms with Crippen LogP contribution in [0, 0.1) is 0 Å². The highest BCUT2D eigenvalue weighted by Crippen LogP contribution is 2.12. The molecule has 0 saturated heterocycles. The second-order valence-electron chi connectivity index (χ2n) is 2.53. The summed E-state index contributed by atoms with van der Waals surface area (Å²) in [5.74, 6) is 0. The monoisotopic (exact) mass is 197 g/mol. The average Bonchev–Trinajstić information content (AvgIpc) is 1.80. The molecule has 11 heavy (non-hydrogen) atoms. The van der Waals surface area contributed by atoms with Gasteiger partial charge in [-0.05, 0) is 20.5 Å². The minimum Gasteiger partial charge on any atom is -0.309 e. The lowest BCUT2D eigenvalue weighted by Crippen LogP contribution is -2.14. The Labute approximate surface area is 72.1 Å². The third-order valence-electron chi connectivity index (χ3n) is 1.18. The largest absolute Gasteiger partial charge is 0.309 e. The molecule has 0 aromatic rings. The molecule has 0 bridgehead atoms. The van der Waals surface area contributed by atoms with Crippen molar-refractivity contribution < 1.29 is 8.42 Å². The predicted octanol–water partition coefficient (Wildman–Crippen LogP) is 1.02. The fourth-order valence-electron chi connectivity index (χ4n) is 0.470. The Bertz CT molecular complexity index is 233. The molecule has 0 atom stereocenters. The minimum atomic E-state index is -3.55. The van der Waals surface area contributed by atoms with Crippen LogP contribution in [0.25, 0.3) is 0 Å². The van der Waals surface area contributed by atoms with Gasteiger partial charge in [0.15, 0.2) is 0 Å². The molecule has 0 aromatic carbocycles. The van der Waals surface area contributed by atoms with Crippen LogP contribution in [0.5, 0.6) is 0 Å². The molecule has 3 nitrogen and oxygen atoms in total. The lowest BCUT2D eigenvalue weighted by Gasteiger charge is -2.08. The molecule has 0 fully saturated rings.